The van der Waals surface area contributed by atoms with Gasteiger partial charge in [-0.25, -0.2) is 12.4 Å². The number of hydrogen-bond donors (Lipinski definition) is 0. The molecule has 1 aromatic heterocycles. The fourth-order valence-corrected chi connectivity index (χ4v) is 7.95. The molecule has 0 saturated heterocycles. The van der Waals surface area contributed by atoms with Gasteiger partial charge in [0.2, 0.25) is 0 Å². The fourth-order valence-electron chi connectivity index (χ4n) is 4.97. The molecule has 0 aliphatic heterocycles. The van der Waals surface area contributed by atoms with Gasteiger partial charge in [0.25, 0.3) is 10.0 Å². The Morgan fingerprint density at radius 1 is 1.05 bits per heavy atom. The summed E-state index contributed by atoms with van der Waals surface area (Å²) in [7, 11) is -7.81. The Bertz CT molecular complexity index is 1520. The van der Waals surface area contributed by atoms with Crippen molar-refractivity contribution in [2.45, 2.75) is 68.4 Å². The maximum atomic E-state index is 15.7. The summed E-state index contributed by atoms with van der Waals surface area (Å²) in [6, 6.07) is 11.4. The van der Waals surface area contributed by atoms with Crippen molar-refractivity contribution < 1.29 is 34.8 Å². The van der Waals surface area contributed by atoms with Gasteiger partial charge in [0.1, 0.15) is 0 Å². The summed E-state index contributed by atoms with van der Waals surface area (Å²) in [4.78, 5) is -0.273. The predicted molar refractivity (Wildman–Crippen MR) is 130 cm³/mol. The Balaban J connectivity index is 2.23. The highest BCUT2D eigenvalue weighted by Crippen LogP contribution is 2.58. The lowest BCUT2D eigenvalue weighted by Crippen LogP contribution is -2.61. The third-order valence-electron chi connectivity index (χ3n) is 6.40. The fraction of sp³-hybridized carbons (Fsp3) is 0.400. The molecular weight excluding hydrogens is 531 g/mol. The highest BCUT2D eigenvalue weighted by Gasteiger charge is 2.74. The molecule has 0 N–H and O–H groups in total. The Kier molecular flexibility index (Phi) is 6.37. The van der Waals surface area contributed by atoms with Crippen LogP contribution in [-0.4, -0.2) is 32.8 Å². The van der Waals surface area contributed by atoms with Gasteiger partial charge in [-0.1, -0.05) is 17.7 Å². The third kappa shape index (κ3) is 4.26. The summed E-state index contributed by atoms with van der Waals surface area (Å²) in [6.45, 7) is 6.16. The topological polar surface area (TPSA) is 72.1 Å². The van der Waals surface area contributed by atoms with E-state index in [1.165, 1.54) is 62.1 Å². The molecule has 12 heteroatoms. The summed E-state index contributed by atoms with van der Waals surface area (Å²) >= 11 is 0. The first kappa shape index (κ1) is 27.3. The number of benzene rings is 2. The van der Waals surface area contributed by atoms with Gasteiger partial charge in [-0.3, -0.25) is 0 Å². The molecular formula is C25H25F5N2O3SSi. The molecule has 0 bridgehead atoms. The van der Waals surface area contributed by atoms with Crippen LogP contribution in [0.25, 0.3) is 10.9 Å². The minimum Gasteiger partial charge on any atom is -0.401 e. The van der Waals surface area contributed by atoms with E-state index in [0.717, 1.165) is 5.56 Å². The lowest BCUT2D eigenvalue weighted by Gasteiger charge is -2.47. The van der Waals surface area contributed by atoms with E-state index < -0.39 is 48.2 Å². The number of hydrogen-bond acceptors (Lipinski definition) is 4. The van der Waals surface area contributed by atoms with Gasteiger partial charge in [-0.05, 0) is 81.7 Å². The second kappa shape index (κ2) is 8.64. The maximum Gasteiger partial charge on any atom is 0.456 e. The number of aryl methyl sites for hydroxylation is 2. The molecule has 0 saturated carbocycles. The van der Waals surface area contributed by atoms with Crippen LogP contribution in [0.5, 0.6) is 0 Å². The highest BCUT2D eigenvalue weighted by atomic mass is 32.2. The zero-order valence-corrected chi connectivity index (χ0v) is 22.4. The number of rotatable bonds is 5. The smallest absolute Gasteiger partial charge is 0.401 e. The molecule has 5 nitrogen and oxygen atoms in total. The van der Waals surface area contributed by atoms with Crippen LogP contribution < -0.4 is 0 Å². The Morgan fingerprint density at radius 3 is 2.22 bits per heavy atom. The van der Waals surface area contributed by atoms with Gasteiger partial charge in [0.05, 0.1) is 27.7 Å². The first-order chi connectivity index (χ1) is 17.0. The number of fused-ring (bicyclic) bond motifs is 3. The van der Waals surface area contributed by atoms with Gasteiger partial charge in [-0.15, -0.1) is 0 Å². The highest BCUT2D eigenvalue weighted by molar-refractivity contribution is 7.90. The van der Waals surface area contributed by atoms with Crippen molar-refractivity contribution in [2.24, 2.45) is 0 Å². The number of halogens is 5. The zero-order valence-electron chi connectivity index (χ0n) is 20.6. The minimum atomic E-state index is -6.02. The van der Waals surface area contributed by atoms with Crippen molar-refractivity contribution >= 4 is 29.2 Å². The van der Waals surface area contributed by atoms with E-state index in [2.05, 4.69) is 0 Å². The van der Waals surface area contributed by atoms with Crippen LogP contribution in [0.2, 0.25) is 19.6 Å². The quantitative estimate of drug-likeness (QED) is 0.261. The van der Waals surface area contributed by atoms with Crippen molar-refractivity contribution in [3.8, 4) is 6.07 Å². The van der Waals surface area contributed by atoms with E-state index in [1.807, 2.05) is 6.07 Å². The van der Waals surface area contributed by atoms with Gasteiger partial charge in [0.15, 0.2) is 13.9 Å². The number of alkyl halides is 5. The van der Waals surface area contributed by atoms with E-state index >= 15 is 8.78 Å². The molecule has 1 aliphatic carbocycles. The molecule has 2 aromatic carbocycles. The van der Waals surface area contributed by atoms with E-state index in [4.69, 9.17) is 4.43 Å². The first-order valence-corrected chi connectivity index (χ1v) is 16.4. The molecule has 4 rings (SSSR count). The van der Waals surface area contributed by atoms with Crippen molar-refractivity contribution in [3.63, 3.8) is 0 Å². The molecule has 3 aromatic rings. The summed E-state index contributed by atoms with van der Waals surface area (Å²) in [6.07, 6.45) is -6.80. The summed E-state index contributed by atoms with van der Waals surface area (Å²) in [5.41, 5.74) is -3.24. The maximum absolute atomic E-state index is 15.7. The van der Waals surface area contributed by atoms with Crippen molar-refractivity contribution in [1.82, 2.24) is 3.97 Å². The number of nitriles is 1. The molecule has 1 heterocycles. The molecule has 1 atom stereocenters. The normalized spacial score (nSPS) is 19.0. The standard InChI is InChI=1S/C25H25F5N2O3SSi/c1-16-7-10-18(11-8-16)36(33,34)32-21-12-9-17(15-31)14-20(21)19-6-5-13-23(22(19)32,35-37(2,3)4)24(26,27)25(28,29)30/h7-12,14H,5-6,13H2,1-4H3. The van der Waals surface area contributed by atoms with Crippen LogP contribution in [0.15, 0.2) is 47.4 Å². The molecule has 0 spiro atoms. The van der Waals surface area contributed by atoms with Crippen LogP contribution >= 0.6 is 0 Å². The summed E-state index contributed by atoms with van der Waals surface area (Å²) < 4.78 is 108. The molecule has 1 aliphatic rings. The second-order valence-corrected chi connectivity index (χ2v) is 16.4. The average molecular weight is 557 g/mol. The summed E-state index contributed by atoms with van der Waals surface area (Å²) in [5.74, 6) is -5.41. The van der Waals surface area contributed by atoms with Crippen LogP contribution in [0.1, 0.15) is 35.2 Å². The van der Waals surface area contributed by atoms with Crippen LogP contribution in [0, 0.1) is 18.3 Å². The Labute approximate surface area is 212 Å². The molecule has 198 valence electrons. The third-order valence-corrected chi connectivity index (χ3v) is 9.09. The molecule has 37 heavy (non-hydrogen) atoms. The monoisotopic (exact) mass is 556 g/mol. The molecule has 0 radical (unpaired) electrons. The van der Waals surface area contributed by atoms with Crippen molar-refractivity contribution in [3.05, 3.63) is 64.8 Å². The van der Waals surface area contributed by atoms with Gasteiger partial charge in [-0.2, -0.15) is 27.2 Å². The van der Waals surface area contributed by atoms with E-state index in [0.29, 0.717) is 3.97 Å². The Hall–Kier alpha value is -2.75. The lowest BCUT2D eigenvalue weighted by molar-refractivity contribution is -0.345. The van der Waals surface area contributed by atoms with Gasteiger partial charge in [0, 0.05) is 5.39 Å². The zero-order chi connectivity index (χ0) is 27.6. The first-order valence-electron chi connectivity index (χ1n) is 11.5. The van der Waals surface area contributed by atoms with E-state index in [9.17, 15) is 26.9 Å². The van der Waals surface area contributed by atoms with Gasteiger partial charge < -0.3 is 4.43 Å². The SMILES string of the molecule is Cc1ccc(S(=O)(=O)n2c3c(c4cc(C#N)ccc42)CCCC3(O[Si](C)(C)C)C(F)(F)C(F)(F)F)cc1. The Morgan fingerprint density at radius 2 is 1.68 bits per heavy atom. The van der Waals surface area contributed by atoms with Crippen molar-refractivity contribution in [2.75, 3.05) is 0 Å². The average Bonchev–Trinajstić information content (AvgIpc) is 3.13. The molecule has 1 unspecified atom stereocenters. The predicted octanol–water partition coefficient (Wildman–Crippen LogP) is 6.64. The van der Waals surface area contributed by atoms with Crippen LogP contribution in [0.3, 0.4) is 0 Å². The minimum absolute atomic E-state index is 0.0104. The van der Waals surface area contributed by atoms with Crippen molar-refractivity contribution in [1.29, 1.82) is 5.26 Å². The largest absolute Gasteiger partial charge is 0.456 e. The van der Waals surface area contributed by atoms with Crippen LogP contribution in [0.4, 0.5) is 22.0 Å². The van der Waals surface area contributed by atoms with Crippen LogP contribution in [-0.2, 0) is 26.5 Å². The second-order valence-electron chi connectivity index (χ2n) is 10.2. The number of nitrogens with zero attached hydrogens (tertiary/aromatic N) is 2. The molecule has 0 amide bonds. The summed E-state index contributed by atoms with van der Waals surface area (Å²) in [5, 5.41) is 9.53. The lowest BCUT2D eigenvalue weighted by atomic mass is 9.78. The van der Waals surface area contributed by atoms with E-state index in [-0.39, 0.29) is 39.8 Å². The van der Waals surface area contributed by atoms with Gasteiger partial charge >= 0.3 is 12.1 Å². The molecule has 0 fully saturated rings. The number of aromatic nitrogens is 1. The van der Waals surface area contributed by atoms with E-state index in [1.54, 1.807) is 6.92 Å².